The van der Waals surface area contributed by atoms with Gasteiger partial charge in [-0.25, -0.2) is 0 Å². The van der Waals surface area contributed by atoms with Crippen molar-refractivity contribution in [2.75, 3.05) is 20.3 Å². The third-order valence-electron chi connectivity index (χ3n) is 6.76. The van der Waals surface area contributed by atoms with Crippen LogP contribution in [0, 0.1) is 6.92 Å². The summed E-state index contributed by atoms with van der Waals surface area (Å²) in [5.74, 6) is 0.704. The standard InChI is InChI=1S/C30H31O5P/c1-5-34-36(31,35-6-2)30-27(29-23-15-11-10-12-21(23)16-17-26(29)32-4)20(3)24-18-33-19-25(24)28(30)22-13-8-7-9-14-22/h7-17H,5-6,18-19H2,1-4H3. The van der Waals surface area contributed by atoms with Crippen molar-refractivity contribution in [1.82, 2.24) is 0 Å². The SMILES string of the molecule is CCOP(=O)(OCC)c1c(-c2c(OC)ccc3ccccc23)c(C)c2c(c1-c1ccccc1)COC2. The normalized spacial score (nSPS) is 13.2. The van der Waals surface area contributed by atoms with E-state index in [0.29, 0.717) is 24.3 Å². The van der Waals surface area contributed by atoms with E-state index in [1.807, 2.05) is 68.4 Å². The molecule has 36 heavy (non-hydrogen) atoms. The van der Waals surface area contributed by atoms with Crippen molar-refractivity contribution in [3.05, 3.63) is 83.4 Å². The Kier molecular flexibility index (Phi) is 7.00. The summed E-state index contributed by atoms with van der Waals surface area (Å²) in [5, 5.41) is 2.66. The predicted molar refractivity (Wildman–Crippen MR) is 145 cm³/mol. The Balaban J connectivity index is 2.03. The molecule has 0 bridgehead atoms. The van der Waals surface area contributed by atoms with Crippen LogP contribution in [-0.4, -0.2) is 20.3 Å². The zero-order valence-corrected chi connectivity index (χ0v) is 22.1. The van der Waals surface area contributed by atoms with Gasteiger partial charge in [0, 0.05) is 16.7 Å². The molecular weight excluding hydrogens is 471 g/mol. The van der Waals surface area contributed by atoms with E-state index in [0.717, 1.165) is 49.7 Å². The molecule has 5 rings (SSSR count). The van der Waals surface area contributed by atoms with Gasteiger partial charge in [0.2, 0.25) is 0 Å². The van der Waals surface area contributed by atoms with Gasteiger partial charge >= 0.3 is 7.60 Å². The van der Waals surface area contributed by atoms with Crippen molar-refractivity contribution in [3.63, 3.8) is 0 Å². The van der Waals surface area contributed by atoms with Gasteiger partial charge in [0.15, 0.2) is 0 Å². The molecule has 5 nitrogen and oxygen atoms in total. The largest absolute Gasteiger partial charge is 0.496 e. The maximum Gasteiger partial charge on any atom is 0.362 e. The second-order valence-electron chi connectivity index (χ2n) is 8.74. The van der Waals surface area contributed by atoms with E-state index in [9.17, 15) is 4.57 Å². The average Bonchev–Trinajstić information content (AvgIpc) is 3.39. The number of methoxy groups -OCH3 is 1. The van der Waals surface area contributed by atoms with Crippen LogP contribution in [0.1, 0.15) is 30.5 Å². The lowest BCUT2D eigenvalue weighted by Crippen LogP contribution is -2.21. The molecule has 0 N–H and O–H groups in total. The highest BCUT2D eigenvalue weighted by molar-refractivity contribution is 7.63. The zero-order valence-electron chi connectivity index (χ0n) is 21.2. The van der Waals surface area contributed by atoms with Crippen molar-refractivity contribution < 1.29 is 23.1 Å². The van der Waals surface area contributed by atoms with Crippen LogP contribution in [0.4, 0.5) is 0 Å². The Morgan fingerprint density at radius 2 is 1.47 bits per heavy atom. The highest BCUT2D eigenvalue weighted by atomic mass is 31.2. The fourth-order valence-electron chi connectivity index (χ4n) is 5.26. The quantitative estimate of drug-likeness (QED) is 0.235. The van der Waals surface area contributed by atoms with Crippen LogP contribution in [0.2, 0.25) is 0 Å². The monoisotopic (exact) mass is 502 g/mol. The molecule has 0 atom stereocenters. The number of hydrogen-bond acceptors (Lipinski definition) is 5. The molecule has 4 aromatic rings. The van der Waals surface area contributed by atoms with Crippen LogP contribution in [0.5, 0.6) is 5.75 Å². The van der Waals surface area contributed by atoms with Gasteiger partial charge < -0.3 is 18.5 Å². The summed E-state index contributed by atoms with van der Waals surface area (Å²) < 4.78 is 38.7. The van der Waals surface area contributed by atoms with E-state index >= 15 is 0 Å². The van der Waals surface area contributed by atoms with Crippen LogP contribution in [0.3, 0.4) is 0 Å². The molecule has 0 saturated heterocycles. The minimum absolute atomic E-state index is 0.254. The molecule has 0 radical (unpaired) electrons. The molecule has 1 aliphatic rings. The average molecular weight is 503 g/mol. The summed E-state index contributed by atoms with van der Waals surface area (Å²) in [5.41, 5.74) is 6.69. The first-order valence-corrected chi connectivity index (χ1v) is 13.9. The first-order valence-electron chi connectivity index (χ1n) is 12.3. The number of hydrogen-bond donors (Lipinski definition) is 0. The third-order valence-corrected chi connectivity index (χ3v) is 8.95. The van der Waals surface area contributed by atoms with E-state index in [1.165, 1.54) is 0 Å². The maximum absolute atomic E-state index is 14.8. The third kappa shape index (κ3) is 4.07. The van der Waals surface area contributed by atoms with Crippen molar-refractivity contribution in [2.45, 2.75) is 34.0 Å². The van der Waals surface area contributed by atoms with Gasteiger partial charge in [-0.1, -0.05) is 60.7 Å². The van der Waals surface area contributed by atoms with Crippen LogP contribution in [0.15, 0.2) is 66.7 Å². The minimum atomic E-state index is -3.76. The smallest absolute Gasteiger partial charge is 0.362 e. The predicted octanol–water partition coefficient (Wildman–Crippen LogP) is 7.41. The van der Waals surface area contributed by atoms with Gasteiger partial charge in [0.05, 0.1) is 38.8 Å². The van der Waals surface area contributed by atoms with Gasteiger partial charge in [-0.2, -0.15) is 0 Å². The number of benzene rings is 4. The highest BCUT2D eigenvalue weighted by Gasteiger charge is 2.39. The highest BCUT2D eigenvalue weighted by Crippen LogP contribution is 2.56. The van der Waals surface area contributed by atoms with Gasteiger partial charge in [-0.3, -0.25) is 4.57 Å². The molecule has 186 valence electrons. The molecule has 1 aliphatic heterocycles. The van der Waals surface area contributed by atoms with Crippen molar-refractivity contribution in [1.29, 1.82) is 0 Å². The van der Waals surface area contributed by atoms with Gasteiger partial charge in [0.25, 0.3) is 0 Å². The van der Waals surface area contributed by atoms with Crippen LogP contribution in [0.25, 0.3) is 33.0 Å². The lowest BCUT2D eigenvalue weighted by atomic mass is 9.85. The van der Waals surface area contributed by atoms with Crippen molar-refractivity contribution >= 4 is 23.7 Å². The molecule has 0 aromatic heterocycles. The Hall–Kier alpha value is -2.95. The second-order valence-corrected chi connectivity index (χ2v) is 10.7. The molecule has 0 unspecified atom stereocenters. The van der Waals surface area contributed by atoms with E-state index in [1.54, 1.807) is 7.11 Å². The summed E-state index contributed by atoms with van der Waals surface area (Å²) in [6, 6.07) is 22.2. The number of rotatable bonds is 8. The van der Waals surface area contributed by atoms with Gasteiger partial charge in [-0.15, -0.1) is 0 Å². The molecule has 0 spiro atoms. The molecule has 0 saturated carbocycles. The van der Waals surface area contributed by atoms with E-state index in [4.69, 9.17) is 18.5 Å². The molecule has 6 heteroatoms. The van der Waals surface area contributed by atoms with Crippen molar-refractivity contribution in [2.24, 2.45) is 0 Å². The fraction of sp³-hybridized carbons (Fsp3) is 0.267. The Labute approximate surface area is 212 Å². The number of ether oxygens (including phenoxy) is 2. The maximum atomic E-state index is 14.8. The van der Waals surface area contributed by atoms with Crippen LogP contribution in [-0.2, 0) is 31.6 Å². The lowest BCUT2D eigenvalue weighted by Gasteiger charge is -2.28. The van der Waals surface area contributed by atoms with Crippen LogP contribution < -0.4 is 10.0 Å². The summed E-state index contributed by atoms with van der Waals surface area (Å²) in [6.07, 6.45) is 0. The lowest BCUT2D eigenvalue weighted by molar-refractivity contribution is 0.134. The molecular formula is C30H31O5P. The topological polar surface area (TPSA) is 54.0 Å². The molecule has 1 heterocycles. The van der Waals surface area contributed by atoms with E-state index in [-0.39, 0.29) is 13.2 Å². The minimum Gasteiger partial charge on any atom is -0.496 e. The fourth-order valence-corrected chi connectivity index (χ4v) is 7.37. The van der Waals surface area contributed by atoms with Crippen molar-refractivity contribution in [3.8, 4) is 28.0 Å². The summed E-state index contributed by atoms with van der Waals surface area (Å²) in [6.45, 7) is 7.21. The molecule has 4 aromatic carbocycles. The van der Waals surface area contributed by atoms with Gasteiger partial charge in [-0.05, 0) is 59.9 Å². The van der Waals surface area contributed by atoms with Crippen LogP contribution >= 0.6 is 7.60 Å². The number of fused-ring (bicyclic) bond motifs is 2. The summed E-state index contributed by atoms with van der Waals surface area (Å²) in [4.78, 5) is 0. The Bertz CT molecular complexity index is 1450. The van der Waals surface area contributed by atoms with E-state index < -0.39 is 7.60 Å². The first-order chi connectivity index (χ1) is 17.5. The summed E-state index contributed by atoms with van der Waals surface area (Å²) in [7, 11) is -2.09. The zero-order chi connectivity index (χ0) is 25.3. The molecule has 0 amide bonds. The molecule has 0 aliphatic carbocycles. The second kappa shape index (κ2) is 10.2. The first kappa shape index (κ1) is 24.7. The Morgan fingerprint density at radius 1 is 0.806 bits per heavy atom. The van der Waals surface area contributed by atoms with Gasteiger partial charge in [0.1, 0.15) is 5.75 Å². The molecule has 0 fully saturated rings. The Morgan fingerprint density at radius 3 is 2.17 bits per heavy atom. The van der Waals surface area contributed by atoms with E-state index in [2.05, 4.69) is 19.1 Å². The summed E-state index contributed by atoms with van der Waals surface area (Å²) >= 11 is 0.